The molecule has 0 amide bonds. The van der Waals surface area contributed by atoms with E-state index in [9.17, 15) is 4.79 Å². The van der Waals surface area contributed by atoms with Crippen LogP contribution in [-0.4, -0.2) is 30.8 Å². The van der Waals surface area contributed by atoms with Crippen molar-refractivity contribution in [1.82, 2.24) is 0 Å². The van der Waals surface area contributed by atoms with Crippen molar-refractivity contribution in [2.45, 2.75) is 19.8 Å². The fourth-order valence-corrected chi connectivity index (χ4v) is 1.38. The zero-order chi connectivity index (χ0) is 12.5. The van der Waals surface area contributed by atoms with Crippen LogP contribution in [0.2, 0.25) is 0 Å². The highest BCUT2D eigenvalue weighted by Crippen LogP contribution is 2.10. The van der Waals surface area contributed by atoms with Gasteiger partial charge in [-0.15, -0.1) is 0 Å². The summed E-state index contributed by atoms with van der Waals surface area (Å²) in [7, 11) is 0. The van der Waals surface area contributed by atoms with Gasteiger partial charge in [0.25, 0.3) is 0 Å². The van der Waals surface area contributed by atoms with Crippen LogP contribution in [0.15, 0.2) is 24.3 Å². The fraction of sp³-hybridized carbons (Fsp3) is 0.462. The van der Waals surface area contributed by atoms with E-state index in [1.165, 1.54) is 0 Å². The number of unbranched alkanes of at least 4 members (excludes halogenated alkanes) is 1. The average molecular weight is 237 g/mol. The molecule has 0 bridgehead atoms. The van der Waals surface area contributed by atoms with Gasteiger partial charge in [-0.25, -0.2) is 4.79 Å². The minimum absolute atomic E-state index is 0.293. The van der Waals surface area contributed by atoms with Crippen molar-refractivity contribution < 1.29 is 14.6 Å². The molecule has 0 unspecified atom stereocenters. The van der Waals surface area contributed by atoms with Crippen LogP contribution in [0, 0.1) is 0 Å². The fourth-order valence-electron chi connectivity index (χ4n) is 1.38. The quantitative estimate of drug-likeness (QED) is 0.682. The molecule has 17 heavy (non-hydrogen) atoms. The second-order valence-electron chi connectivity index (χ2n) is 3.78. The van der Waals surface area contributed by atoms with Crippen molar-refractivity contribution in [1.29, 1.82) is 0 Å². The van der Waals surface area contributed by atoms with E-state index in [1.54, 1.807) is 18.2 Å². The number of carboxylic acids is 1. The number of ether oxygens (including phenoxy) is 1. The molecule has 1 rings (SSSR count). The molecular weight excluding hydrogens is 218 g/mol. The van der Waals surface area contributed by atoms with Crippen molar-refractivity contribution in [2.75, 3.05) is 25.1 Å². The SMILES string of the molecule is CCCCOCCNc1cccc(C(=O)O)c1. The summed E-state index contributed by atoms with van der Waals surface area (Å²) in [4.78, 5) is 10.7. The van der Waals surface area contributed by atoms with E-state index in [-0.39, 0.29) is 0 Å². The highest BCUT2D eigenvalue weighted by molar-refractivity contribution is 5.88. The lowest BCUT2D eigenvalue weighted by Gasteiger charge is -2.07. The lowest BCUT2D eigenvalue weighted by molar-refractivity contribution is 0.0697. The normalized spacial score (nSPS) is 10.2. The second-order valence-corrected chi connectivity index (χ2v) is 3.78. The Morgan fingerprint density at radius 3 is 2.94 bits per heavy atom. The Hall–Kier alpha value is -1.55. The molecule has 94 valence electrons. The number of benzene rings is 1. The highest BCUT2D eigenvalue weighted by Gasteiger charge is 2.02. The Morgan fingerprint density at radius 2 is 2.24 bits per heavy atom. The number of carboxylic acid groups (broad SMARTS) is 1. The molecular formula is C13H19NO3. The van der Waals surface area contributed by atoms with Gasteiger partial charge < -0.3 is 15.2 Å². The molecule has 0 saturated heterocycles. The van der Waals surface area contributed by atoms with Crippen molar-refractivity contribution in [3.8, 4) is 0 Å². The third-order valence-electron chi connectivity index (χ3n) is 2.33. The molecule has 1 aromatic carbocycles. The molecule has 0 atom stereocenters. The number of rotatable bonds is 8. The average Bonchev–Trinajstić information content (AvgIpc) is 2.34. The predicted octanol–water partition coefficient (Wildman–Crippen LogP) is 2.61. The van der Waals surface area contributed by atoms with Gasteiger partial charge in [0, 0.05) is 18.8 Å². The molecule has 0 aliphatic heterocycles. The molecule has 0 aliphatic rings. The summed E-state index contributed by atoms with van der Waals surface area (Å²) >= 11 is 0. The summed E-state index contributed by atoms with van der Waals surface area (Å²) in [6, 6.07) is 6.77. The first kappa shape index (κ1) is 13.5. The second kappa shape index (κ2) is 7.68. The van der Waals surface area contributed by atoms with E-state index >= 15 is 0 Å². The van der Waals surface area contributed by atoms with Gasteiger partial charge in [0.15, 0.2) is 0 Å². The maximum atomic E-state index is 10.7. The third kappa shape index (κ3) is 5.36. The summed E-state index contributed by atoms with van der Waals surface area (Å²) < 4.78 is 5.39. The summed E-state index contributed by atoms with van der Waals surface area (Å²) in [5.41, 5.74) is 1.10. The van der Waals surface area contributed by atoms with Crippen molar-refractivity contribution >= 4 is 11.7 Å². The Bertz CT molecular complexity index is 352. The molecule has 0 aromatic heterocycles. The molecule has 4 nitrogen and oxygen atoms in total. The Kier molecular flexibility index (Phi) is 6.10. The Balaban J connectivity index is 2.27. The van der Waals surface area contributed by atoms with Gasteiger partial charge in [-0.2, -0.15) is 0 Å². The maximum absolute atomic E-state index is 10.7. The van der Waals surface area contributed by atoms with Crippen LogP contribution in [0.3, 0.4) is 0 Å². The number of aromatic carboxylic acids is 1. The van der Waals surface area contributed by atoms with Gasteiger partial charge in [0.05, 0.1) is 12.2 Å². The largest absolute Gasteiger partial charge is 0.478 e. The van der Waals surface area contributed by atoms with E-state index in [2.05, 4.69) is 12.2 Å². The van der Waals surface area contributed by atoms with E-state index in [4.69, 9.17) is 9.84 Å². The topological polar surface area (TPSA) is 58.6 Å². The minimum Gasteiger partial charge on any atom is -0.478 e. The number of nitrogens with one attached hydrogen (secondary N) is 1. The van der Waals surface area contributed by atoms with Gasteiger partial charge in [0.1, 0.15) is 0 Å². The van der Waals surface area contributed by atoms with Crippen LogP contribution < -0.4 is 5.32 Å². The Labute approximate surface area is 102 Å². The number of hydrogen-bond donors (Lipinski definition) is 2. The first-order chi connectivity index (χ1) is 8.24. The molecule has 0 heterocycles. The smallest absolute Gasteiger partial charge is 0.335 e. The number of carbonyl (C=O) groups is 1. The molecule has 4 heteroatoms. The van der Waals surface area contributed by atoms with Crippen molar-refractivity contribution in [2.24, 2.45) is 0 Å². The highest BCUT2D eigenvalue weighted by atomic mass is 16.5. The first-order valence-corrected chi connectivity index (χ1v) is 5.89. The summed E-state index contributed by atoms with van der Waals surface area (Å²) in [5, 5.41) is 12.0. The van der Waals surface area contributed by atoms with Crippen molar-refractivity contribution in [3.05, 3.63) is 29.8 Å². The standard InChI is InChI=1S/C13H19NO3/c1-2-3-8-17-9-7-14-12-6-4-5-11(10-12)13(15)16/h4-6,10,14H,2-3,7-9H2,1H3,(H,15,16). The maximum Gasteiger partial charge on any atom is 0.335 e. The van der Waals surface area contributed by atoms with E-state index < -0.39 is 5.97 Å². The lowest BCUT2D eigenvalue weighted by Crippen LogP contribution is -2.10. The summed E-state index contributed by atoms with van der Waals surface area (Å²) in [6.07, 6.45) is 2.21. The zero-order valence-corrected chi connectivity index (χ0v) is 10.1. The lowest BCUT2D eigenvalue weighted by atomic mass is 10.2. The Morgan fingerprint density at radius 1 is 1.41 bits per heavy atom. The van der Waals surface area contributed by atoms with Crippen LogP contribution in [0.5, 0.6) is 0 Å². The molecule has 0 radical (unpaired) electrons. The first-order valence-electron chi connectivity index (χ1n) is 5.89. The predicted molar refractivity (Wildman–Crippen MR) is 67.6 cm³/mol. The molecule has 2 N–H and O–H groups in total. The third-order valence-corrected chi connectivity index (χ3v) is 2.33. The molecule has 0 saturated carbocycles. The van der Waals surface area contributed by atoms with Gasteiger partial charge in [-0.3, -0.25) is 0 Å². The zero-order valence-electron chi connectivity index (χ0n) is 10.1. The van der Waals surface area contributed by atoms with Gasteiger partial charge in [-0.1, -0.05) is 19.4 Å². The van der Waals surface area contributed by atoms with Crippen LogP contribution in [-0.2, 0) is 4.74 Å². The van der Waals surface area contributed by atoms with E-state index in [0.717, 1.165) is 25.1 Å². The summed E-state index contributed by atoms with van der Waals surface area (Å²) in [6.45, 7) is 4.23. The number of hydrogen-bond acceptors (Lipinski definition) is 3. The monoisotopic (exact) mass is 237 g/mol. The van der Waals surface area contributed by atoms with Crippen LogP contribution in [0.1, 0.15) is 30.1 Å². The van der Waals surface area contributed by atoms with E-state index in [0.29, 0.717) is 18.7 Å². The van der Waals surface area contributed by atoms with Crippen molar-refractivity contribution in [3.63, 3.8) is 0 Å². The van der Waals surface area contributed by atoms with Crippen LogP contribution in [0.4, 0.5) is 5.69 Å². The van der Waals surface area contributed by atoms with Gasteiger partial charge >= 0.3 is 5.97 Å². The minimum atomic E-state index is -0.909. The summed E-state index contributed by atoms with van der Waals surface area (Å²) in [5.74, 6) is -0.909. The van der Waals surface area contributed by atoms with Gasteiger partial charge in [-0.05, 0) is 24.6 Å². The van der Waals surface area contributed by atoms with E-state index in [1.807, 2.05) is 6.07 Å². The van der Waals surface area contributed by atoms with Crippen LogP contribution in [0.25, 0.3) is 0 Å². The molecule has 1 aromatic rings. The van der Waals surface area contributed by atoms with Gasteiger partial charge in [0.2, 0.25) is 0 Å². The molecule has 0 spiro atoms. The molecule has 0 fully saturated rings. The van der Waals surface area contributed by atoms with Crippen LogP contribution >= 0.6 is 0 Å². The molecule has 0 aliphatic carbocycles. The number of anilines is 1.